The van der Waals surface area contributed by atoms with E-state index in [2.05, 4.69) is 24.0 Å². The van der Waals surface area contributed by atoms with E-state index in [0.717, 1.165) is 29.1 Å². The fraction of sp³-hybridized carbons (Fsp3) is 0.375. The second-order valence-corrected chi connectivity index (χ2v) is 5.78. The van der Waals surface area contributed by atoms with Gasteiger partial charge in [-0.05, 0) is 25.8 Å². The number of aryl methyl sites for hydroxylation is 2. The number of thiazole rings is 1. The minimum absolute atomic E-state index is 0.286. The molecule has 2 rings (SSSR count). The molecule has 3 nitrogen and oxygen atoms in total. The average molecular weight is 289 g/mol. The summed E-state index contributed by atoms with van der Waals surface area (Å²) in [5.41, 5.74) is 3.01. The lowest BCUT2D eigenvalue weighted by molar-refractivity contribution is 0.0532. The van der Waals surface area contributed by atoms with Crippen molar-refractivity contribution in [2.75, 3.05) is 6.61 Å². The molecule has 0 unspecified atom stereocenters. The van der Waals surface area contributed by atoms with Crippen LogP contribution in [0.5, 0.6) is 0 Å². The number of ether oxygens (including phenoxy) is 1. The predicted molar refractivity (Wildman–Crippen MR) is 82.2 cm³/mol. The van der Waals surface area contributed by atoms with Crippen LogP contribution in [-0.4, -0.2) is 17.6 Å². The van der Waals surface area contributed by atoms with Crippen molar-refractivity contribution in [2.45, 2.75) is 33.6 Å². The van der Waals surface area contributed by atoms with Crippen molar-refractivity contribution in [3.8, 4) is 11.3 Å². The fourth-order valence-corrected chi connectivity index (χ4v) is 2.91. The van der Waals surface area contributed by atoms with Gasteiger partial charge in [0.15, 0.2) is 0 Å². The Morgan fingerprint density at radius 1 is 1.25 bits per heavy atom. The molecular weight excluding hydrogens is 270 g/mol. The van der Waals surface area contributed by atoms with Gasteiger partial charge in [-0.25, -0.2) is 9.78 Å². The van der Waals surface area contributed by atoms with Gasteiger partial charge in [-0.2, -0.15) is 0 Å². The third-order valence-electron chi connectivity index (χ3n) is 2.96. The van der Waals surface area contributed by atoms with Crippen LogP contribution in [0.25, 0.3) is 11.3 Å². The summed E-state index contributed by atoms with van der Waals surface area (Å²) in [4.78, 5) is 17.0. The van der Waals surface area contributed by atoms with Crippen molar-refractivity contribution >= 4 is 17.3 Å². The first-order valence-corrected chi connectivity index (χ1v) is 7.71. The Morgan fingerprint density at radius 3 is 2.55 bits per heavy atom. The topological polar surface area (TPSA) is 39.2 Å². The molecule has 2 aromatic rings. The molecule has 1 heterocycles. The summed E-state index contributed by atoms with van der Waals surface area (Å²) < 4.78 is 5.10. The maximum atomic E-state index is 12.0. The summed E-state index contributed by atoms with van der Waals surface area (Å²) in [5.74, 6) is -0.286. The average Bonchev–Trinajstić information content (AvgIpc) is 2.82. The maximum absolute atomic E-state index is 12.0. The standard InChI is InChI=1S/C16H19NO2S/c1-4-6-12-7-9-13(10-8-12)14-15(16(18)19-5-2)20-11(3)17-14/h7-10H,4-6H2,1-3H3. The number of carbonyl (C=O) groups is 1. The number of aromatic nitrogens is 1. The third kappa shape index (κ3) is 3.25. The maximum Gasteiger partial charge on any atom is 0.350 e. The van der Waals surface area contributed by atoms with E-state index in [1.165, 1.54) is 16.9 Å². The molecule has 0 aliphatic rings. The lowest BCUT2D eigenvalue weighted by Gasteiger charge is -2.04. The van der Waals surface area contributed by atoms with E-state index in [1.54, 1.807) is 0 Å². The highest BCUT2D eigenvalue weighted by atomic mass is 32.1. The second-order valence-electron chi connectivity index (χ2n) is 4.58. The first-order chi connectivity index (χ1) is 9.65. The smallest absolute Gasteiger partial charge is 0.350 e. The number of hydrogen-bond donors (Lipinski definition) is 0. The molecule has 1 aromatic carbocycles. The number of hydrogen-bond acceptors (Lipinski definition) is 4. The summed E-state index contributed by atoms with van der Waals surface area (Å²) in [5, 5.41) is 0.876. The molecule has 20 heavy (non-hydrogen) atoms. The lowest BCUT2D eigenvalue weighted by atomic mass is 10.1. The number of esters is 1. The molecule has 0 saturated heterocycles. The monoisotopic (exact) mass is 289 g/mol. The fourth-order valence-electron chi connectivity index (χ4n) is 2.08. The molecule has 0 fully saturated rings. The van der Waals surface area contributed by atoms with Gasteiger partial charge in [0, 0.05) is 5.56 Å². The minimum atomic E-state index is -0.286. The lowest BCUT2D eigenvalue weighted by Crippen LogP contribution is -2.04. The molecule has 0 bridgehead atoms. The Kier molecular flexibility index (Phi) is 4.90. The van der Waals surface area contributed by atoms with Gasteiger partial charge in [-0.15, -0.1) is 11.3 Å². The van der Waals surface area contributed by atoms with Gasteiger partial charge < -0.3 is 4.74 Å². The van der Waals surface area contributed by atoms with Crippen LogP contribution < -0.4 is 0 Å². The van der Waals surface area contributed by atoms with Crippen LogP contribution in [-0.2, 0) is 11.2 Å². The van der Waals surface area contributed by atoms with E-state index in [4.69, 9.17) is 4.74 Å². The second kappa shape index (κ2) is 6.66. The molecule has 4 heteroatoms. The largest absolute Gasteiger partial charge is 0.462 e. The van der Waals surface area contributed by atoms with Gasteiger partial charge >= 0.3 is 5.97 Å². The Labute approximate surface area is 123 Å². The van der Waals surface area contributed by atoms with Crippen molar-refractivity contribution in [1.29, 1.82) is 0 Å². The van der Waals surface area contributed by atoms with E-state index in [9.17, 15) is 4.79 Å². The molecule has 0 radical (unpaired) electrons. The zero-order chi connectivity index (χ0) is 14.5. The molecule has 0 aliphatic heterocycles. The normalized spacial score (nSPS) is 10.6. The highest BCUT2D eigenvalue weighted by Gasteiger charge is 2.19. The molecule has 0 amide bonds. The summed E-state index contributed by atoms with van der Waals surface area (Å²) in [6.07, 6.45) is 2.20. The SMILES string of the molecule is CCCc1ccc(-c2nc(C)sc2C(=O)OCC)cc1. The van der Waals surface area contributed by atoms with Crippen LogP contribution in [0.4, 0.5) is 0 Å². The van der Waals surface area contributed by atoms with Crippen LogP contribution in [0.15, 0.2) is 24.3 Å². The van der Waals surface area contributed by atoms with E-state index in [-0.39, 0.29) is 5.97 Å². The van der Waals surface area contributed by atoms with Crippen molar-refractivity contribution in [3.63, 3.8) is 0 Å². The van der Waals surface area contributed by atoms with Crippen LogP contribution in [0, 0.1) is 6.92 Å². The molecule has 0 spiro atoms. The molecule has 0 aliphatic carbocycles. The van der Waals surface area contributed by atoms with Gasteiger partial charge in [0.2, 0.25) is 0 Å². The van der Waals surface area contributed by atoms with Crippen molar-refractivity contribution in [2.24, 2.45) is 0 Å². The number of nitrogens with zero attached hydrogens (tertiary/aromatic N) is 1. The summed E-state index contributed by atoms with van der Waals surface area (Å²) in [6, 6.07) is 8.26. The summed E-state index contributed by atoms with van der Waals surface area (Å²) >= 11 is 1.39. The zero-order valence-corrected chi connectivity index (χ0v) is 12.9. The Morgan fingerprint density at radius 2 is 1.95 bits per heavy atom. The number of rotatable bonds is 5. The number of benzene rings is 1. The summed E-state index contributed by atoms with van der Waals surface area (Å²) in [6.45, 7) is 6.26. The molecule has 1 aromatic heterocycles. The molecule has 0 atom stereocenters. The Hall–Kier alpha value is -1.68. The van der Waals surface area contributed by atoms with Crippen molar-refractivity contribution < 1.29 is 9.53 Å². The third-order valence-corrected chi connectivity index (χ3v) is 3.91. The number of carbonyl (C=O) groups excluding carboxylic acids is 1. The van der Waals surface area contributed by atoms with E-state index in [1.807, 2.05) is 26.0 Å². The Bertz CT molecular complexity index is 587. The zero-order valence-electron chi connectivity index (χ0n) is 12.1. The predicted octanol–water partition coefficient (Wildman–Crippen LogP) is 4.25. The molecular formula is C16H19NO2S. The molecule has 0 N–H and O–H groups in total. The first-order valence-electron chi connectivity index (χ1n) is 6.89. The van der Waals surface area contributed by atoms with Crippen molar-refractivity contribution in [1.82, 2.24) is 4.98 Å². The molecule has 0 saturated carbocycles. The van der Waals surface area contributed by atoms with Gasteiger partial charge in [0.25, 0.3) is 0 Å². The highest BCUT2D eigenvalue weighted by molar-refractivity contribution is 7.14. The van der Waals surface area contributed by atoms with E-state index in [0.29, 0.717) is 11.5 Å². The molecule has 106 valence electrons. The van der Waals surface area contributed by atoms with Crippen LogP contribution >= 0.6 is 11.3 Å². The van der Waals surface area contributed by atoms with Gasteiger partial charge in [-0.1, -0.05) is 37.6 Å². The van der Waals surface area contributed by atoms with Crippen LogP contribution in [0.2, 0.25) is 0 Å². The minimum Gasteiger partial charge on any atom is -0.462 e. The van der Waals surface area contributed by atoms with Crippen molar-refractivity contribution in [3.05, 3.63) is 39.7 Å². The van der Waals surface area contributed by atoms with Crippen LogP contribution in [0.1, 0.15) is 40.5 Å². The van der Waals surface area contributed by atoms with E-state index < -0.39 is 0 Å². The van der Waals surface area contributed by atoms with E-state index >= 15 is 0 Å². The van der Waals surface area contributed by atoms with Gasteiger partial charge in [-0.3, -0.25) is 0 Å². The van der Waals surface area contributed by atoms with Gasteiger partial charge in [0.1, 0.15) is 4.88 Å². The highest BCUT2D eigenvalue weighted by Crippen LogP contribution is 2.29. The van der Waals surface area contributed by atoms with Crippen LogP contribution in [0.3, 0.4) is 0 Å². The quantitative estimate of drug-likeness (QED) is 0.772. The summed E-state index contributed by atoms with van der Waals surface area (Å²) in [7, 11) is 0. The first kappa shape index (κ1) is 14.7. The van der Waals surface area contributed by atoms with Gasteiger partial charge in [0.05, 0.1) is 17.3 Å². The Balaban J connectivity index is 2.34.